The standard InChI is InChI=1S/C7H16N2.C2H6.H2/c1-9(2)7-3-5-8-6-4-7;1-2;/h7-8H,3-6H2,1-2H3;1-2H3;1H. The molecule has 2 heteroatoms. The third-order valence-electron chi connectivity index (χ3n) is 2.04. The van der Waals surface area contributed by atoms with E-state index in [9.17, 15) is 0 Å². The summed E-state index contributed by atoms with van der Waals surface area (Å²) in [6, 6.07) is 0.825. The Morgan fingerprint density at radius 2 is 1.64 bits per heavy atom. The summed E-state index contributed by atoms with van der Waals surface area (Å²) in [5.74, 6) is 0. The van der Waals surface area contributed by atoms with E-state index >= 15 is 0 Å². The van der Waals surface area contributed by atoms with Crippen LogP contribution in [0.25, 0.3) is 0 Å². The first kappa shape index (κ1) is 10.9. The summed E-state index contributed by atoms with van der Waals surface area (Å²) in [5, 5.41) is 3.34. The molecule has 0 radical (unpaired) electrons. The van der Waals surface area contributed by atoms with Gasteiger partial charge < -0.3 is 10.2 Å². The Balaban J connectivity index is 0. The molecule has 1 N–H and O–H groups in total. The predicted molar refractivity (Wildman–Crippen MR) is 53.0 cm³/mol. The zero-order valence-corrected chi connectivity index (χ0v) is 8.35. The zero-order valence-electron chi connectivity index (χ0n) is 8.35. The number of piperidine rings is 1. The molecular weight excluding hydrogens is 136 g/mol. The lowest BCUT2D eigenvalue weighted by atomic mass is 10.1. The SMILES string of the molecule is CC.CN(C)C1CCNCC1.[HH]. The second kappa shape index (κ2) is 6.62. The lowest BCUT2D eigenvalue weighted by Crippen LogP contribution is -2.39. The van der Waals surface area contributed by atoms with Crippen LogP contribution in [0.3, 0.4) is 0 Å². The summed E-state index contributed by atoms with van der Waals surface area (Å²) in [7, 11) is 4.33. The van der Waals surface area contributed by atoms with Gasteiger partial charge in [0, 0.05) is 7.47 Å². The topological polar surface area (TPSA) is 15.3 Å². The summed E-state index contributed by atoms with van der Waals surface area (Å²) in [6.45, 7) is 6.39. The van der Waals surface area contributed by atoms with Gasteiger partial charge in [0.05, 0.1) is 0 Å². The lowest BCUT2D eigenvalue weighted by Gasteiger charge is -2.28. The van der Waals surface area contributed by atoms with Gasteiger partial charge in [0.2, 0.25) is 0 Å². The van der Waals surface area contributed by atoms with E-state index in [2.05, 4.69) is 24.3 Å². The Morgan fingerprint density at radius 3 is 1.91 bits per heavy atom. The third kappa shape index (κ3) is 4.38. The molecule has 1 aliphatic heterocycles. The fraction of sp³-hybridized carbons (Fsp3) is 1.00. The fourth-order valence-corrected chi connectivity index (χ4v) is 1.32. The van der Waals surface area contributed by atoms with Crippen LogP contribution in [0.1, 0.15) is 28.1 Å². The van der Waals surface area contributed by atoms with E-state index in [-0.39, 0.29) is 1.43 Å². The van der Waals surface area contributed by atoms with Crippen molar-refractivity contribution in [2.24, 2.45) is 0 Å². The van der Waals surface area contributed by atoms with Gasteiger partial charge in [-0.1, -0.05) is 13.8 Å². The molecule has 0 spiro atoms. The first-order chi connectivity index (χ1) is 5.30. The molecule has 0 atom stereocenters. The highest BCUT2D eigenvalue weighted by Gasteiger charge is 2.13. The van der Waals surface area contributed by atoms with Crippen molar-refractivity contribution in [3.05, 3.63) is 0 Å². The number of nitrogens with one attached hydrogen (secondary N) is 1. The van der Waals surface area contributed by atoms with Crippen LogP contribution < -0.4 is 5.32 Å². The second-order valence-electron chi connectivity index (χ2n) is 2.94. The van der Waals surface area contributed by atoms with Crippen LogP contribution in [0.15, 0.2) is 0 Å². The average molecular weight is 160 g/mol. The van der Waals surface area contributed by atoms with E-state index in [0.717, 1.165) is 6.04 Å². The molecule has 11 heavy (non-hydrogen) atoms. The molecule has 0 bridgehead atoms. The van der Waals surface area contributed by atoms with Gasteiger partial charge in [0.25, 0.3) is 0 Å². The zero-order chi connectivity index (χ0) is 8.69. The molecule has 1 fully saturated rings. The van der Waals surface area contributed by atoms with Crippen LogP contribution in [-0.4, -0.2) is 38.1 Å². The smallest absolute Gasteiger partial charge is 0.0113 e. The van der Waals surface area contributed by atoms with Gasteiger partial charge in [-0.3, -0.25) is 0 Å². The molecule has 0 unspecified atom stereocenters. The molecule has 1 saturated heterocycles. The van der Waals surface area contributed by atoms with E-state index in [4.69, 9.17) is 0 Å². The van der Waals surface area contributed by atoms with Crippen molar-refractivity contribution >= 4 is 0 Å². The van der Waals surface area contributed by atoms with Gasteiger partial charge in [0.15, 0.2) is 0 Å². The Kier molecular flexibility index (Phi) is 6.57. The highest BCUT2D eigenvalue weighted by Crippen LogP contribution is 2.06. The molecule has 0 amide bonds. The summed E-state index contributed by atoms with van der Waals surface area (Å²) in [6.07, 6.45) is 2.62. The van der Waals surface area contributed by atoms with Gasteiger partial charge in [0.1, 0.15) is 0 Å². The Labute approximate surface area is 72.5 Å². The summed E-state index contributed by atoms with van der Waals surface area (Å²) >= 11 is 0. The molecule has 0 aromatic rings. The maximum atomic E-state index is 3.34. The highest BCUT2D eigenvalue weighted by atomic mass is 15.1. The van der Waals surface area contributed by atoms with Gasteiger partial charge in [-0.25, -0.2) is 0 Å². The molecule has 0 saturated carbocycles. The van der Waals surface area contributed by atoms with Crippen molar-refractivity contribution in [2.75, 3.05) is 27.2 Å². The number of rotatable bonds is 1. The molecule has 0 aromatic heterocycles. The third-order valence-corrected chi connectivity index (χ3v) is 2.04. The van der Waals surface area contributed by atoms with Crippen LogP contribution in [0.5, 0.6) is 0 Å². The van der Waals surface area contributed by atoms with Crippen LogP contribution in [0.2, 0.25) is 0 Å². The van der Waals surface area contributed by atoms with Crippen molar-refractivity contribution in [1.29, 1.82) is 0 Å². The minimum Gasteiger partial charge on any atom is -0.317 e. The summed E-state index contributed by atoms with van der Waals surface area (Å²) < 4.78 is 0. The quantitative estimate of drug-likeness (QED) is 0.626. The number of hydrogen-bond donors (Lipinski definition) is 1. The molecule has 1 heterocycles. The number of hydrogen-bond acceptors (Lipinski definition) is 2. The predicted octanol–water partition coefficient (Wildman–Crippen LogP) is 1.57. The van der Waals surface area contributed by atoms with Crippen molar-refractivity contribution in [3.63, 3.8) is 0 Å². The minimum absolute atomic E-state index is 0. The molecule has 70 valence electrons. The van der Waals surface area contributed by atoms with Crippen LogP contribution in [0.4, 0.5) is 0 Å². The lowest BCUT2D eigenvalue weighted by molar-refractivity contribution is 0.238. The molecule has 0 aromatic carbocycles. The van der Waals surface area contributed by atoms with Crippen molar-refractivity contribution < 1.29 is 1.43 Å². The summed E-state index contributed by atoms with van der Waals surface area (Å²) in [5.41, 5.74) is 0. The Morgan fingerprint density at radius 1 is 1.18 bits per heavy atom. The minimum atomic E-state index is 0. The van der Waals surface area contributed by atoms with Gasteiger partial charge in [-0.15, -0.1) is 0 Å². The van der Waals surface area contributed by atoms with Crippen molar-refractivity contribution in [1.82, 2.24) is 10.2 Å². The molecule has 1 aliphatic rings. The van der Waals surface area contributed by atoms with E-state index < -0.39 is 0 Å². The van der Waals surface area contributed by atoms with Crippen molar-refractivity contribution in [3.8, 4) is 0 Å². The van der Waals surface area contributed by atoms with E-state index in [1.165, 1.54) is 25.9 Å². The van der Waals surface area contributed by atoms with E-state index in [1.807, 2.05) is 13.8 Å². The van der Waals surface area contributed by atoms with Gasteiger partial charge >= 0.3 is 0 Å². The Hall–Kier alpha value is -0.0800. The van der Waals surface area contributed by atoms with Crippen LogP contribution >= 0.6 is 0 Å². The maximum absolute atomic E-state index is 3.34. The average Bonchev–Trinajstić information content (AvgIpc) is 2.10. The van der Waals surface area contributed by atoms with E-state index in [1.54, 1.807) is 0 Å². The van der Waals surface area contributed by atoms with Gasteiger partial charge in [-0.05, 0) is 40.0 Å². The van der Waals surface area contributed by atoms with Crippen LogP contribution in [-0.2, 0) is 0 Å². The fourth-order valence-electron chi connectivity index (χ4n) is 1.32. The molecule has 2 nitrogen and oxygen atoms in total. The second-order valence-corrected chi connectivity index (χ2v) is 2.94. The van der Waals surface area contributed by atoms with Crippen molar-refractivity contribution in [2.45, 2.75) is 32.7 Å². The largest absolute Gasteiger partial charge is 0.317 e. The molecular formula is C9H24N2. The maximum Gasteiger partial charge on any atom is 0.0113 e. The normalized spacial score (nSPS) is 19.4. The molecule has 1 rings (SSSR count). The van der Waals surface area contributed by atoms with Crippen LogP contribution in [0, 0.1) is 0 Å². The summed E-state index contributed by atoms with van der Waals surface area (Å²) in [4.78, 5) is 2.32. The first-order valence-electron chi connectivity index (χ1n) is 4.68. The monoisotopic (exact) mass is 160 g/mol. The molecule has 0 aliphatic carbocycles. The number of nitrogens with zero attached hydrogens (tertiary/aromatic N) is 1. The van der Waals surface area contributed by atoms with Gasteiger partial charge in [-0.2, -0.15) is 0 Å². The Bertz CT molecular complexity index is 80.6. The van der Waals surface area contributed by atoms with E-state index in [0.29, 0.717) is 0 Å². The highest BCUT2D eigenvalue weighted by molar-refractivity contribution is 4.73. The first-order valence-corrected chi connectivity index (χ1v) is 4.68.